The van der Waals surface area contributed by atoms with E-state index < -0.39 is 5.97 Å². The molecule has 1 unspecified atom stereocenters. The molecule has 133 heavy (non-hydrogen) atoms. The highest BCUT2D eigenvalue weighted by Gasteiger charge is 2.32. The molecule has 3 aliphatic heterocycles. The zero-order valence-electron chi connectivity index (χ0n) is 73.8. The number of nitrogens with one attached hydrogen (secondary N) is 1. The summed E-state index contributed by atoms with van der Waals surface area (Å²) in [6.07, 6.45) is 16.0. The zero-order chi connectivity index (χ0) is 90.3. The first-order valence-corrected chi connectivity index (χ1v) is 45.3. The highest BCUT2D eigenvalue weighted by Crippen LogP contribution is 2.47. The molecule has 0 saturated carbocycles. The van der Waals surface area contributed by atoms with E-state index in [1.165, 1.54) is 54.5 Å². The van der Waals surface area contributed by atoms with Gasteiger partial charge in [0, 0.05) is 63.6 Å². The van der Waals surface area contributed by atoms with Crippen LogP contribution in [0.3, 0.4) is 0 Å². The predicted octanol–water partition coefficient (Wildman–Crippen LogP) is 21.5. The smallest absolute Gasteiger partial charge is 0.364 e. The number of aromatic amines is 1. The Hall–Kier alpha value is -16.8. The molecule has 15 heterocycles. The predicted molar refractivity (Wildman–Crippen MR) is 534 cm³/mol. The Bertz CT molecular complexity index is 8570. The Labute approximate surface area is 771 Å². The van der Waals surface area contributed by atoms with Gasteiger partial charge in [-0.25, -0.2) is 67.6 Å². The van der Waals surface area contributed by atoms with Crippen molar-refractivity contribution in [2.24, 2.45) is 22.2 Å². The van der Waals surface area contributed by atoms with E-state index in [1.807, 2.05) is 221 Å². The van der Waals surface area contributed by atoms with Gasteiger partial charge >= 0.3 is 5.97 Å². The summed E-state index contributed by atoms with van der Waals surface area (Å²) in [6.45, 7) is 15.1. The van der Waals surface area contributed by atoms with E-state index in [2.05, 4.69) is 261 Å². The first-order valence-electron chi connectivity index (χ1n) is 43.7. The third-order valence-corrected chi connectivity index (χ3v) is 25.6. The minimum Gasteiger partial charge on any atom is -0.422 e. The fraction of sp³-hybridized carbons (Fsp3) is 0.0935. The van der Waals surface area contributed by atoms with Crippen LogP contribution in [0.25, 0.3) is 117 Å². The lowest BCUT2D eigenvalue weighted by atomic mass is 10.0. The van der Waals surface area contributed by atoms with Crippen molar-refractivity contribution in [2.75, 3.05) is 11.4 Å². The van der Waals surface area contributed by atoms with Crippen LogP contribution < -0.4 is 20.1 Å². The molecule has 0 amide bonds. The zero-order valence-corrected chi connectivity index (χ0v) is 75.4. The van der Waals surface area contributed by atoms with Crippen molar-refractivity contribution in [1.29, 1.82) is 0 Å². The molecule has 24 nitrogen and oxygen atoms in total. The summed E-state index contributed by atoms with van der Waals surface area (Å²) in [5.41, 5.74) is 27.3. The van der Waals surface area contributed by atoms with Crippen LogP contribution in [0, 0.1) is 34.6 Å². The molecule has 648 valence electrons. The standard InChI is InChI=1S/C21H14N4.C20H18N4S.C18H13N3O2S.C17H12N2.C16H13N3.C15H16N6/c1-2-9-16(10-3-1)24-19-13-23-25-20(14-22-21(19)25)18-12-6-8-15-7-4-5-11-17(15)18;1-3-23-17-10-6-7-11-18(17)25-19(23)12-14-13(2)22-24-16-9-5-4-8-15(16)21-20(14)24;1-12-15(17(22)23-14-10-6-3-7-11-14)21-18(19-12)24-16(20-21)13-8-4-2-5-9-13;1-2-6-13(7-3-1)12-14-10-11-19-16-9-5-4-8-15(16)18-17(14)19;1-18-15(12-7-3-2-4-8-12)11-16-17-13-9-5-6-10-14(13)19(16)18;1-8-6-16-14-12(10(3)18-20(8)14)5-13-11(4)19-21-9(2)7-17-15(13)21/h1-14H;4-12,14H,3H2,1-2H3;2-11H,1H3;1-12H;2-11H,1H3;5-7,18H,1-4H3/b;19-12+;;14-12-;;13-5-. The minimum atomic E-state index is -0.462. The van der Waals surface area contributed by atoms with E-state index in [-0.39, 0.29) is 5.92 Å². The second-order valence-corrected chi connectivity index (χ2v) is 34.2. The van der Waals surface area contributed by atoms with Crippen LogP contribution in [0.15, 0.2) is 359 Å². The quantitative estimate of drug-likeness (QED) is 0.0992. The molecular weight excluding hydrogens is 1690 g/mol. The average Bonchev–Trinajstić information content (AvgIpc) is 1.60. The average molecular weight is 1780 g/mol. The van der Waals surface area contributed by atoms with Gasteiger partial charge in [-0.15, -0.1) is 0 Å². The van der Waals surface area contributed by atoms with Gasteiger partial charge in [0.05, 0.1) is 120 Å². The lowest BCUT2D eigenvalue weighted by Crippen LogP contribution is -2.18. The number of nitrogens with zero attached hydrogens (tertiary/aromatic N) is 21. The van der Waals surface area contributed by atoms with E-state index in [0.717, 1.165) is 152 Å². The maximum Gasteiger partial charge on any atom is 0.364 e. The fourth-order valence-electron chi connectivity index (χ4n) is 17.0. The molecule has 3 aliphatic rings. The van der Waals surface area contributed by atoms with Gasteiger partial charge < -0.3 is 9.64 Å². The maximum absolute atomic E-state index is 12.5. The number of carbonyl (C=O) groups is 1. The Kier molecular flexibility index (Phi) is 22.3. The summed E-state index contributed by atoms with van der Waals surface area (Å²) in [5.74, 6) is 1.94. The minimum absolute atomic E-state index is 0.123. The number of esters is 1. The second kappa shape index (κ2) is 35.7. The first-order chi connectivity index (χ1) is 65.2. The number of aryl methyl sites for hydroxylation is 6. The van der Waals surface area contributed by atoms with Crippen LogP contribution in [0.2, 0.25) is 0 Å². The molecule has 0 saturated heterocycles. The van der Waals surface area contributed by atoms with E-state index in [4.69, 9.17) is 19.8 Å². The Morgan fingerprint density at radius 2 is 1.20 bits per heavy atom. The number of hydrogen-bond donors (Lipinski definition) is 1. The number of imidazole rings is 7. The van der Waals surface area contributed by atoms with Gasteiger partial charge in [-0.2, -0.15) is 24.9 Å². The van der Waals surface area contributed by atoms with Gasteiger partial charge in [0.25, 0.3) is 0 Å². The molecule has 1 N–H and O–H groups in total. The van der Waals surface area contributed by atoms with Gasteiger partial charge in [-0.3, -0.25) is 14.2 Å². The number of para-hydroxylation sites is 9. The summed E-state index contributed by atoms with van der Waals surface area (Å²) in [5, 5.41) is 28.4. The largest absolute Gasteiger partial charge is 0.422 e. The number of ether oxygens (including phenoxy) is 1. The fourth-order valence-corrected chi connectivity index (χ4v) is 19.2. The van der Waals surface area contributed by atoms with Gasteiger partial charge in [0.2, 0.25) is 4.96 Å². The molecule has 26 heteroatoms. The van der Waals surface area contributed by atoms with Crippen LogP contribution in [0.5, 0.6) is 5.75 Å². The molecule has 23 aromatic rings. The third kappa shape index (κ3) is 16.0. The number of anilines is 1. The van der Waals surface area contributed by atoms with Crippen molar-refractivity contribution in [3.05, 3.63) is 407 Å². The van der Waals surface area contributed by atoms with E-state index >= 15 is 0 Å². The SMILES string of the molecule is C(/c1ccccc1)=c1\ccn2c1nc1ccccc12.C1=Nn2c(-c3cccc4ccccc34)cnc2C1=Nc1ccccc1.CCN1/C(=C\C2C(C)=Nn3c2nc2ccccc23)Sc2ccccc21.Cc1[nH]n2c(C)cnc2c1/C=c1/c(C)nn2c(C)cnc12.Cc1nc2sc(-c3ccccc3)nn2c1C(=O)Oc1ccccc1.Cn1c(-c2ccccc2)cc2nc3ccccc3n21. The maximum atomic E-state index is 12.5. The van der Waals surface area contributed by atoms with Crippen LogP contribution >= 0.6 is 23.1 Å². The van der Waals surface area contributed by atoms with Gasteiger partial charge in [0.1, 0.15) is 27.9 Å². The highest BCUT2D eigenvalue weighted by atomic mass is 32.2. The number of carbonyl (C=O) groups excluding carboxylic acids is 1. The van der Waals surface area contributed by atoms with Gasteiger partial charge in [0.15, 0.2) is 28.5 Å². The number of H-pyrrole nitrogens is 1. The molecular formula is C107H86N22O2S2. The van der Waals surface area contributed by atoms with Crippen molar-refractivity contribution >= 4 is 142 Å². The number of rotatable bonds is 10. The number of hydrogen-bond acceptors (Lipinski definition) is 17. The summed E-state index contributed by atoms with van der Waals surface area (Å²) < 4.78 is 21.2. The normalized spacial score (nSPS) is 13.9. The number of aromatic nitrogens is 18. The van der Waals surface area contributed by atoms with Crippen LogP contribution in [-0.4, -0.2) is 117 Å². The molecule has 1 atom stereocenters. The molecule has 11 aromatic carbocycles. The van der Waals surface area contributed by atoms with Gasteiger partial charge in [-0.1, -0.05) is 241 Å². The molecule has 12 aromatic heterocycles. The first kappa shape index (κ1) is 83.1. The third-order valence-electron chi connectivity index (χ3n) is 23.6. The molecule has 0 spiro atoms. The highest BCUT2D eigenvalue weighted by molar-refractivity contribution is 8.03. The molecule has 0 bridgehead atoms. The van der Waals surface area contributed by atoms with E-state index in [1.54, 1.807) is 29.8 Å². The summed E-state index contributed by atoms with van der Waals surface area (Å²) in [7, 11) is 2.07. The molecule has 0 radical (unpaired) electrons. The lowest BCUT2D eigenvalue weighted by molar-refractivity contribution is 0.0725. The monoisotopic (exact) mass is 1770 g/mol. The topological polar surface area (TPSA) is 235 Å². The number of aliphatic imine (C=N–C) groups is 1. The molecule has 26 rings (SSSR count). The summed E-state index contributed by atoms with van der Waals surface area (Å²) in [4.78, 5) is 53.7. The lowest BCUT2D eigenvalue weighted by Gasteiger charge is -2.19. The molecule has 0 fully saturated rings. The molecule has 0 aliphatic carbocycles. The summed E-state index contributed by atoms with van der Waals surface area (Å²) >= 11 is 3.28. The van der Waals surface area contributed by atoms with Crippen molar-refractivity contribution in [3.63, 3.8) is 0 Å². The Morgan fingerprint density at radius 3 is 1.97 bits per heavy atom. The number of benzene rings is 11. The van der Waals surface area contributed by atoms with E-state index in [0.29, 0.717) is 22.1 Å². The van der Waals surface area contributed by atoms with Crippen LogP contribution in [0.1, 0.15) is 81.5 Å². The van der Waals surface area contributed by atoms with Gasteiger partial charge in [-0.05, 0) is 167 Å². The van der Waals surface area contributed by atoms with Crippen molar-refractivity contribution in [3.8, 4) is 38.8 Å². The van der Waals surface area contributed by atoms with Crippen LogP contribution in [0.4, 0.5) is 11.4 Å². The van der Waals surface area contributed by atoms with E-state index in [9.17, 15) is 4.79 Å². The Balaban J connectivity index is 0.0000000963. The van der Waals surface area contributed by atoms with Crippen molar-refractivity contribution in [1.82, 2.24) is 86.7 Å². The second-order valence-electron chi connectivity index (χ2n) is 32.2. The van der Waals surface area contributed by atoms with Crippen molar-refractivity contribution in [2.45, 2.75) is 59.3 Å². The summed E-state index contributed by atoms with van der Waals surface area (Å²) in [6, 6.07) is 101. The number of fused-ring (bicyclic) bond motifs is 15. The number of thioether (sulfide) groups is 1. The Morgan fingerprint density at radius 1 is 0.556 bits per heavy atom. The van der Waals surface area contributed by atoms with Crippen molar-refractivity contribution < 1.29 is 9.53 Å². The van der Waals surface area contributed by atoms with Crippen LogP contribution in [-0.2, 0) is 7.05 Å². The number of allylic oxidation sites excluding steroid dienone is 1.